The monoisotopic (exact) mass is 158 g/mol. The summed E-state index contributed by atoms with van der Waals surface area (Å²) in [7, 11) is 0. The van der Waals surface area contributed by atoms with E-state index in [1.54, 1.807) is 0 Å². The molecule has 0 aliphatic heterocycles. The molecular weight excluding hydrogens is 153 g/mol. The fourth-order valence-electron chi connectivity index (χ4n) is 0.200. The zero-order chi connectivity index (χ0) is 8.58. The highest BCUT2D eigenvalue weighted by atomic mass is 19.4. The fraction of sp³-hybridized carbons (Fsp3) is 0.750. The van der Waals surface area contributed by atoms with Crippen LogP contribution in [0.5, 0.6) is 0 Å². The largest absolute Gasteiger partial charge is 0.451 e. The molecule has 0 aromatic carbocycles. The maximum absolute atomic E-state index is 11.4. The van der Waals surface area contributed by atoms with Crippen molar-refractivity contribution in [1.82, 2.24) is 0 Å². The quantitative estimate of drug-likeness (QED) is 0.520. The highest BCUT2D eigenvalue weighted by molar-refractivity contribution is 5.83. The van der Waals surface area contributed by atoms with E-state index in [0.717, 1.165) is 0 Å². The van der Waals surface area contributed by atoms with Gasteiger partial charge in [0.2, 0.25) is 0 Å². The number of carbonyl (C=O) groups is 1. The van der Waals surface area contributed by atoms with Crippen LogP contribution in [0.4, 0.5) is 13.2 Å². The molecule has 0 rings (SSSR count). The second kappa shape index (κ2) is 2.21. The SMILES string of the molecule is CC(=O)C(O)(O)C(F)(F)F. The molecule has 0 spiro atoms. The lowest BCUT2D eigenvalue weighted by Crippen LogP contribution is -2.50. The number of carbonyl (C=O) groups excluding carboxylic acids is 1. The van der Waals surface area contributed by atoms with Gasteiger partial charge in [-0.2, -0.15) is 13.2 Å². The molecule has 10 heavy (non-hydrogen) atoms. The average molecular weight is 158 g/mol. The Morgan fingerprint density at radius 2 is 1.60 bits per heavy atom. The van der Waals surface area contributed by atoms with Gasteiger partial charge in [-0.1, -0.05) is 0 Å². The van der Waals surface area contributed by atoms with Gasteiger partial charge in [-0.15, -0.1) is 0 Å². The topological polar surface area (TPSA) is 57.5 Å². The molecule has 6 heteroatoms. The van der Waals surface area contributed by atoms with E-state index in [4.69, 9.17) is 10.2 Å². The molecule has 0 atom stereocenters. The first-order valence-electron chi connectivity index (χ1n) is 2.22. The summed E-state index contributed by atoms with van der Waals surface area (Å²) in [5.41, 5.74) is 0. The van der Waals surface area contributed by atoms with E-state index in [2.05, 4.69) is 0 Å². The van der Waals surface area contributed by atoms with Crippen LogP contribution in [0.15, 0.2) is 0 Å². The first-order valence-corrected chi connectivity index (χ1v) is 2.22. The summed E-state index contributed by atoms with van der Waals surface area (Å²) < 4.78 is 34.1. The molecule has 0 aliphatic carbocycles. The smallest absolute Gasteiger partial charge is 0.353 e. The zero-order valence-electron chi connectivity index (χ0n) is 4.94. The van der Waals surface area contributed by atoms with Crippen molar-refractivity contribution < 1.29 is 28.2 Å². The lowest BCUT2D eigenvalue weighted by Gasteiger charge is -2.20. The molecule has 0 saturated carbocycles. The highest BCUT2D eigenvalue weighted by Crippen LogP contribution is 2.28. The van der Waals surface area contributed by atoms with Crippen LogP contribution in [-0.2, 0) is 4.79 Å². The van der Waals surface area contributed by atoms with E-state index >= 15 is 0 Å². The lowest BCUT2D eigenvalue weighted by atomic mass is 10.2. The van der Waals surface area contributed by atoms with Crippen molar-refractivity contribution >= 4 is 5.78 Å². The summed E-state index contributed by atoms with van der Waals surface area (Å²) >= 11 is 0. The number of aliphatic hydroxyl groups is 2. The zero-order valence-corrected chi connectivity index (χ0v) is 4.94. The van der Waals surface area contributed by atoms with Crippen LogP contribution in [0.3, 0.4) is 0 Å². The Labute approximate surface area is 54.1 Å². The number of ketones is 1. The van der Waals surface area contributed by atoms with Crippen LogP contribution in [0.2, 0.25) is 0 Å². The van der Waals surface area contributed by atoms with Crippen LogP contribution in [0.1, 0.15) is 6.92 Å². The first kappa shape index (κ1) is 9.38. The molecule has 0 aromatic heterocycles. The molecule has 60 valence electrons. The van der Waals surface area contributed by atoms with E-state index < -0.39 is 17.7 Å². The van der Waals surface area contributed by atoms with Crippen LogP contribution in [-0.4, -0.2) is 28.0 Å². The van der Waals surface area contributed by atoms with Crippen molar-refractivity contribution in [3.05, 3.63) is 0 Å². The predicted octanol–water partition coefficient (Wildman–Crippen LogP) is -0.181. The third-order valence-electron chi connectivity index (χ3n) is 0.886. The molecule has 0 aromatic rings. The van der Waals surface area contributed by atoms with Gasteiger partial charge in [0.1, 0.15) is 0 Å². The Kier molecular flexibility index (Phi) is 2.07. The minimum absolute atomic E-state index is 0.438. The molecule has 2 N–H and O–H groups in total. The first-order chi connectivity index (χ1) is 4.19. The molecule has 0 amide bonds. The van der Waals surface area contributed by atoms with Gasteiger partial charge in [0.25, 0.3) is 0 Å². The number of Topliss-reactive ketones (excluding diaryl/α,β-unsaturated/α-hetero) is 1. The van der Waals surface area contributed by atoms with E-state index in [9.17, 15) is 18.0 Å². The van der Waals surface area contributed by atoms with Crippen molar-refractivity contribution in [2.75, 3.05) is 0 Å². The van der Waals surface area contributed by atoms with Crippen molar-refractivity contribution in [2.24, 2.45) is 0 Å². The minimum Gasteiger partial charge on any atom is -0.353 e. The van der Waals surface area contributed by atoms with E-state index in [-0.39, 0.29) is 0 Å². The molecule has 0 radical (unpaired) electrons. The number of alkyl halides is 3. The van der Waals surface area contributed by atoms with E-state index in [1.807, 2.05) is 0 Å². The maximum atomic E-state index is 11.4. The number of hydrogen-bond donors (Lipinski definition) is 2. The average Bonchev–Trinajstić information content (AvgIpc) is 1.62. The molecule has 0 heterocycles. The van der Waals surface area contributed by atoms with Crippen molar-refractivity contribution in [3.8, 4) is 0 Å². The van der Waals surface area contributed by atoms with Crippen LogP contribution in [0, 0.1) is 0 Å². The Bertz CT molecular complexity index is 148. The van der Waals surface area contributed by atoms with Crippen LogP contribution in [0.25, 0.3) is 0 Å². The summed E-state index contributed by atoms with van der Waals surface area (Å²) in [6, 6.07) is 0. The third-order valence-corrected chi connectivity index (χ3v) is 0.886. The molecule has 0 unspecified atom stereocenters. The second-order valence-electron chi connectivity index (χ2n) is 1.73. The normalized spacial score (nSPS) is 13.4. The third kappa shape index (κ3) is 1.45. The van der Waals surface area contributed by atoms with Gasteiger partial charge in [0.05, 0.1) is 0 Å². The van der Waals surface area contributed by atoms with Gasteiger partial charge in [0, 0.05) is 6.92 Å². The van der Waals surface area contributed by atoms with Gasteiger partial charge in [-0.05, 0) is 0 Å². The van der Waals surface area contributed by atoms with Gasteiger partial charge in [0.15, 0.2) is 5.78 Å². The maximum Gasteiger partial charge on any atom is 0.451 e. The van der Waals surface area contributed by atoms with Crippen molar-refractivity contribution in [2.45, 2.75) is 18.9 Å². The van der Waals surface area contributed by atoms with Crippen LogP contribution >= 0.6 is 0 Å². The molecule has 0 bridgehead atoms. The second-order valence-corrected chi connectivity index (χ2v) is 1.73. The van der Waals surface area contributed by atoms with Gasteiger partial charge < -0.3 is 10.2 Å². The molecular formula is C4H5F3O3. The number of hydrogen-bond acceptors (Lipinski definition) is 3. The highest BCUT2D eigenvalue weighted by Gasteiger charge is 2.56. The van der Waals surface area contributed by atoms with Crippen molar-refractivity contribution in [1.29, 1.82) is 0 Å². The van der Waals surface area contributed by atoms with Gasteiger partial charge in [-0.25, -0.2) is 0 Å². The lowest BCUT2D eigenvalue weighted by molar-refractivity contribution is -0.327. The Morgan fingerprint density at radius 3 is 1.60 bits per heavy atom. The molecule has 3 nitrogen and oxygen atoms in total. The summed E-state index contributed by atoms with van der Waals surface area (Å²) in [6.07, 6.45) is -5.32. The van der Waals surface area contributed by atoms with E-state index in [0.29, 0.717) is 6.92 Å². The van der Waals surface area contributed by atoms with Gasteiger partial charge in [-0.3, -0.25) is 4.79 Å². The standard InChI is InChI=1S/C4H5F3O3/c1-2(8)3(9,10)4(5,6)7/h9-10H,1H3. The number of halogens is 3. The van der Waals surface area contributed by atoms with Gasteiger partial charge >= 0.3 is 12.0 Å². The summed E-state index contributed by atoms with van der Waals surface area (Å²) in [4.78, 5) is 9.89. The molecule has 0 fully saturated rings. The Balaban J connectivity index is 4.57. The summed E-state index contributed by atoms with van der Waals surface area (Å²) in [5, 5.41) is 16.0. The fourth-order valence-corrected chi connectivity index (χ4v) is 0.200. The van der Waals surface area contributed by atoms with Crippen molar-refractivity contribution in [3.63, 3.8) is 0 Å². The minimum atomic E-state index is -5.32. The summed E-state index contributed by atoms with van der Waals surface area (Å²) in [6.45, 7) is 0.438. The molecule has 0 aliphatic rings. The predicted molar refractivity (Wildman–Crippen MR) is 23.9 cm³/mol. The number of rotatable bonds is 1. The Morgan fingerprint density at radius 1 is 1.30 bits per heavy atom. The molecule has 0 saturated heterocycles. The summed E-state index contributed by atoms with van der Waals surface area (Å²) in [5.74, 6) is -5.95. The van der Waals surface area contributed by atoms with E-state index in [1.165, 1.54) is 0 Å². The van der Waals surface area contributed by atoms with Crippen LogP contribution < -0.4 is 0 Å². The Hall–Kier alpha value is -0.620.